The van der Waals surface area contributed by atoms with Crippen LogP contribution in [-0.2, 0) is 0 Å². The third-order valence-electron chi connectivity index (χ3n) is 4.36. The number of hydrogen-bond acceptors (Lipinski definition) is 2. The summed E-state index contributed by atoms with van der Waals surface area (Å²) in [7, 11) is 0. The second-order valence-corrected chi connectivity index (χ2v) is 5.84. The van der Waals surface area contributed by atoms with Gasteiger partial charge in [-0.05, 0) is 58.0 Å². The molecule has 102 valence electrons. The molecule has 0 amide bonds. The molecular weight excluding hydrogens is 208 g/mol. The van der Waals surface area contributed by atoms with Crippen molar-refractivity contribution in [1.82, 2.24) is 10.2 Å². The molecule has 0 saturated carbocycles. The van der Waals surface area contributed by atoms with E-state index in [1.54, 1.807) is 0 Å². The van der Waals surface area contributed by atoms with Gasteiger partial charge in [0.15, 0.2) is 0 Å². The Labute approximate surface area is 108 Å². The van der Waals surface area contributed by atoms with Crippen LogP contribution in [0.25, 0.3) is 0 Å². The zero-order valence-electron chi connectivity index (χ0n) is 12.3. The average molecular weight is 240 g/mol. The van der Waals surface area contributed by atoms with Gasteiger partial charge in [-0.25, -0.2) is 0 Å². The minimum atomic E-state index is 0.695. The van der Waals surface area contributed by atoms with Crippen LogP contribution in [0.2, 0.25) is 0 Å². The van der Waals surface area contributed by atoms with Gasteiger partial charge in [0.05, 0.1) is 0 Å². The highest BCUT2D eigenvalue weighted by molar-refractivity contribution is 4.75. The number of hydrogen-bond donors (Lipinski definition) is 1. The van der Waals surface area contributed by atoms with Crippen molar-refractivity contribution < 1.29 is 0 Å². The highest BCUT2D eigenvalue weighted by Crippen LogP contribution is 2.17. The fourth-order valence-corrected chi connectivity index (χ4v) is 2.77. The third-order valence-corrected chi connectivity index (χ3v) is 4.36. The molecule has 0 spiro atoms. The van der Waals surface area contributed by atoms with E-state index in [0.717, 1.165) is 12.5 Å². The van der Waals surface area contributed by atoms with E-state index < -0.39 is 0 Å². The smallest absolute Gasteiger partial charge is 0.0192 e. The molecule has 1 heterocycles. The van der Waals surface area contributed by atoms with Crippen molar-refractivity contribution in [2.75, 3.05) is 19.6 Å². The minimum absolute atomic E-state index is 0.695. The molecule has 1 saturated heterocycles. The summed E-state index contributed by atoms with van der Waals surface area (Å²) in [6.45, 7) is 13.1. The van der Waals surface area contributed by atoms with E-state index in [9.17, 15) is 0 Å². The van der Waals surface area contributed by atoms with Crippen LogP contribution in [0, 0.1) is 5.92 Å². The molecule has 17 heavy (non-hydrogen) atoms. The fraction of sp³-hybridized carbons (Fsp3) is 1.00. The molecule has 0 aromatic rings. The Morgan fingerprint density at radius 3 is 2.53 bits per heavy atom. The lowest BCUT2D eigenvalue weighted by Gasteiger charge is -2.29. The van der Waals surface area contributed by atoms with Crippen LogP contribution < -0.4 is 5.32 Å². The van der Waals surface area contributed by atoms with E-state index in [1.165, 1.54) is 45.2 Å². The van der Waals surface area contributed by atoms with Gasteiger partial charge < -0.3 is 5.32 Å². The van der Waals surface area contributed by atoms with Crippen molar-refractivity contribution in [3.8, 4) is 0 Å². The number of likely N-dealkylation sites (tertiary alicyclic amines) is 1. The second-order valence-electron chi connectivity index (χ2n) is 5.84. The Hall–Kier alpha value is -0.0800. The lowest BCUT2D eigenvalue weighted by Crippen LogP contribution is -2.43. The van der Waals surface area contributed by atoms with Crippen molar-refractivity contribution in [2.24, 2.45) is 5.92 Å². The zero-order valence-corrected chi connectivity index (χ0v) is 12.3. The SMILES string of the molecule is CCC(CC)NCC(C)N1CCCC(C)CC1. The molecule has 1 rings (SSSR count). The fourth-order valence-electron chi connectivity index (χ4n) is 2.77. The maximum Gasteiger partial charge on any atom is 0.0192 e. The Kier molecular flexibility index (Phi) is 7.14. The topological polar surface area (TPSA) is 15.3 Å². The molecule has 1 aliphatic rings. The van der Waals surface area contributed by atoms with Crippen molar-refractivity contribution in [2.45, 2.75) is 71.9 Å². The molecule has 0 aliphatic carbocycles. The first-order valence-corrected chi connectivity index (χ1v) is 7.64. The number of nitrogens with one attached hydrogen (secondary N) is 1. The number of nitrogens with zero attached hydrogens (tertiary/aromatic N) is 1. The first-order valence-electron chi connectivity index (χ1n) is 7.64. The molecule has 1 N–H and O–H groups in total. The van der Waals surface area contributed by atoms with E-state index in [1.807, 2.05) is 0 Å². The summed E-state index contributed by atoms with van der Waals surface area (Å²) < 4.78 is 0. The summed E-state index contributed by atoms with van der Waals surface area (Å²) >= 11 is 0. The van der Waals surface area contributed by atoms with Gasteiger partial charge in [0.2, 0.25) is 0 Å². The summed E-state index contributed by atoms with van der Waals surface area (Å²) in [4.78, 5) is 2.68. The van der Waals surface area contributed by atoms with Crippen molar-refractivity contribution in [1.29, 1.82) is 0 Å². The summed E-state index contributed by atoms with van der Waals surface area (Å²) in [5.74, 6) is 0.930. The maximum absolute atomic E-state index is 3.71. The van der Waals surface area contributed by atoms with Gasteiger partial charge in [-0.2, -0.15) is 0 Å². The number of rotatable bonds is 6. The molecule has 2 nitrogen and oxygen atoms in total. The van der Waals surface area contributed by atoms with E-state index in [0.29, 0.717) is 12.1 Å². The molecule has 2 heteroatoms. The molecule has 1 fully saturated rings. The Morgan fingerprint density at radius 2 is 1.88 bits per heavy atom. The average Bonchev–Trinajstić information content (AvgIpc) is 2.55. The van der Waals surface area contributed by atoms with Crippen LogP contribution in [0.15, 0.2) is 0 Å². The molecule has 2 unspecified atom stereocenters. The summed E-state index contributed by atoms with van der Waals surface area (Å²) in [6, 6.07) is 1.41. The largest absolute Gasteiger partial charge is 0.312 e. The predicted octanol–water partition coefficient (Wildman–Crippen LogP) is 3.28. The standard InChI is InChI=1S/C15H32N2/c1-5-15(6-2)16-12-14(4)17-10-7-8-13(3)9-11-17/h13-16H,5-12H2,1-4H3. The lowest BCUT2D eigenvalue weighted by atomic mass is 10.0. The molecule has 0 aromatic heterocycles. The van der Waals surface area contributed by atoms with Gasteiger partial charge in [0.1, 0.15) is 0 Å². The van der Waals surface area contributed by atoms with Crippen LogP contribution in [0.1, 0.15) is 59.8 Å². The monoisotopic (exact) mass is 240 g/mol. The van der Waals surface area contributed by atoms with Gasteiger partial charge >= 0.3 is 0 Å². The summed E-state index contributed by atoms with van der Waals surface area (Å²) in [5, 5.41) is 3.71. The normalized spacial score (nSPS) is 24.9. The van der Waals surface area contributed by atoms with Crippen LogP contribution in [0.3, 0.4) is 0 Å². The third kappa shape index (κ3) is 5.39. The van der Waals surface area contributed by atoms with Crippen LogP contribution in [-0.4, -0.2) is 36.6 Å². The Bertz CT molecular complexity index is 189. The maximum atomic E-state index is 3.71. The van der Waals surface area contributed by atoms with E-state index in [4.69, 9.17) is 0 Å². The molecule has 1 aliphatic heterocycles. The highest BCUT2D eigenvalue weighted by Gasteiger charge is 2.18. The molecule has 0 bridgehead atoms. The quantitative estimate of drug-likeness (QED) is 0.766. The van der Waals surface area contributed by atoms with Crippen LogP contribution >= 0.6 is 0 Å². The zero-order chi connectivity index (χ0) is 12.7. The van der Waals surface area contributed by atoms with Crippen molar-refractivity contribution >= 4 is 0 Å². The van der Waals surface area contributed by atoms with E-state index in [-0.39, 0.29) is 0 Å². The first-order chi connectivity index (χ1) is 8.17. The molecule has 2 atom stereocenters. The van der Waals surface area contributed by atoms with Gasteiger partial charge in [0, 0.05) is 18.6 Å². The van der Waals surface area contributed by atoms with Gasteiger partial charge in [0.25, 0.3) is 0 Å². The highest BCUT2D eigenvalue weighted by atomic mass is 15.2. The van der Waals surface area contributed by atoms with Gasteiger partial charge in [-0.15, -0.1) is 0 Å². The summed E-state index contributed by atoms with van der Waals surface area (Å²) in [5.41, 5.74) is 0. The van der Waals surface area contributed by atoms with E-state index in [2.05, 4.69) is 37.9 Å². The molecule has 0 aromatic carbocycles. The van der Waals surface area contributed by atoms with Gasteiger partial charge in [-0.1, -0.05) is 20.8 Å². The van der Waals surface area contributed by atoms with Crippen molar-refractivity contribution in [3.05, 3.63) is 0 Å². The molecular formula is C15H32N2. The van der Waals surface area contributed by atoms with Crippen LogP contribution in [0.4, 0.5) is 0 Å². The van der Waals surface area contributed by atoms with Crippen LogP contribution in [0.5, 0.6) is 0 Å². The Balaban J connectivity index is 2.28. The van der Waals surface area contributed by atoms with E-state index >= 15 is 0 Å². The van der Waals surface area contributed by atoms with Crippen molar-refractivity contribution in [3.63, 3.8) is 0 Å². The Morgan fingerprint density at radius 1 is 1.18 bits per heavy atom. The lowest BCUT2D eigenvalue weighted by molar-refractivity contribution is 0.205. The summed E-state index contributed by atoms with van der Waals surface area (Å²) in [6.07, 6.45) is 6.69. The van der Waals surface area contributed by atoms with Gasteiger partial charge in [-0.3, -0.25) is 4.90 Å². The minimum Gasteiger partial charge on any atom is -0.312 e. The second kappa shape index (κ2) is 8.10. The predicted molar refractivity (Wildman–Crippen MR) is 76.4 cm³/mol. The molecule has 0 radical (unpaired) electrons. The first kappa shape index (κ1) is 15.0.